The molecule has 0 radical (unpaired) electrons. The van der Waals surface area contributed by atoms with Gasteiger partial charge in [0.05, 0.1) is 0 Å². The van der Waals surface area contributed by atoms with Gasteiger partial charge in [-0.2, -0.15) is 0 Å². The smallest absolute Gasteiger partial charge is 0.329 e. The lowest BCUT2D eigenvalue weighted by atomic mass is 10.2. The number of hydrogen-bond acceptors (Lipinski definition) is 3. The van der Waals surface area contributed by atoms with Crippen LogP contribution in [0.2, 0.25) is 0 Å². The molecule has 0 aliphatic carbocycles. The summed E-state index contributed by atoms with van der Waals surface area (Å²) in [5.74, 6) is -0.961. The largest absolute Gasteiger partial charge is 0.480 e. The predicted octanol–water partition coefficient (Wildman–Crippen LogP) is 1.56. The fourth-order valence-corrected chi connectivity index (χ4v) is 0.693. The Morgan fingerprint density at radius 2 is 2.36 bits per heavy atom. The molecule has 0 aliphatic heterocycles. The second-order valence-electron chi connectivity index (χ2n) is 1.83. The molecule has 0 heterocycles. The van der Waals surface area contributed by atoms with Gasteiger partial charge < -0.3 is 5.11 Å². The second kappa shape index (κ2) is 7.63. The van der Waals surface area contributed by atoms with E-state index in [1.807, 2.05) is 0 Å². The number of nitrogens with zero attached hydrogens (tertiary/aromatic N) is 1. The van der Waals surface area contributed by atoms with E-state index in [0.717, 1.165) is 0 Å². The molecule has 64 valence electrons. The molecule has 0 unspecified atom stereocenters. The van der Waals surface area contributed by atoms with E-state index in [4.69, 9.17) is 5.11 Å². The van der Waals surface area contributed by atoms with Gasteiger partial charge in [-0.05, 0) is 12.8 Å². The van der Waals surface area contributed by atoms with Crippen molar-refractivity contribution < 1.29 is 9.90 Å². The van der Waals surface area contributed by atoms with Crippen LogP contribution in [0.25, 0.3) is 0 Å². The molecule has 0 aromatic heterocycles. The third-order valence-corrected chi connectivity index (χ3v) is 1.31. The van der Waals surface area contributed by atoms with Gasteiger partial charge in [0, 0.05) is 12.4 Å². The van der Waals surface area contributed by atoms with Crippen LogP contribution in [-0.4, -0.2) is 17.1 Å². The van der Waals surface area contributed by atoms with Gasteiger partial charge in [-0.15, -0.1) is 19.0 Å². The molecule has 5 heteroatoms. The number of carboxylic acids is 1. The number of allylic oxidation sites excluding steroid dienone is 1. The average Bonchev–Trinajstić information content (AvgIpc) is 1.89. The van der Waals surface area contributed by atoms with Crippen molar-refractivity contribution in [2.24, 2.45) is 4.36 Å². The summed E-state index contributed by atoms with van der Waals surface area (Å²) < 4.78 is 3.26. The molecule has 0 aromatic carbocycles. The quantitative estimate of drug-likeness (QED) is 0.678. The number of carboxylic acid groups (broad SMARTS) is 1. The van der Waals surface area contributed by atoms with Crippen LogP contribution in [0.1, 0.15) is 12.8 Å². The zero-order valence-electron chi connectivity index (χ0n) is 5.90. The molecule has 3 nitrogen and oxygen atoms in total. The summed E-state index contributed by atoms with van der Waals surface area (Å²) >= 11 is 4.27. The number of halogens is 1. The van der Waals surface area contributed by atoms with Gasteiger partial charge in [0.1, 0.15) is 0 Å². The highest BCUT2D eigenvalue weighted by Crippen LogP contribution is 2.01. The Morgan fingerprint density at radius 3 is 2.64 bits per heavy atom. The van der Waals surface area contributed by atoms with Crippen LogP contribution in [0.5, 0.6) is 0 Å². The van der Waals surface area contributed by atoms with Gasteiger partial charge in [0.15, 0.2) is 6.04 Å². The van der Waals surface area contributed by atoms with Gasteiger partial charge in [0.2, 0.25) is 0 Å². The minimum Gasteiger partial charge on any atom is -0.480 e. The van der Waals surface area contributed by atoms with Crippen molar-refractivity contribution in [3.8, 4) is 0 Å². The highest BCUT2D eigenvalue weighted by molar-refractivity contribution is 7.47. The topological polar surface area (TPSA) is 49.7 Å². The number of hydrogen-bond donors (Lipinski definition) is 1. The molecular formula is C6H10ClNO2S. The molecule has 0 amide bonds. The maximum Gasteiger partial charge on any atom is 0.329 e. The van der Waals surface area contributed by atoms with Crippen LogP contribution < -0.4 is 0 Å². The highest BCUT2D eigenvalue weighted by Gasteiger charge is 2.13. The van der Waals surface area contributed by atoms with Crippen molar-refractivity contribution in [1.29, 1.82) is 0 Å². The molecule has 0 bridgehead atoms. The first-order valence-corrected chi connectivity index (χ1v) is 3.25. The van der Waals surface area contributed by atoms with Crippen LogP contribution in [0.3, 0.4) is 0 Å². The number of rotatable bonds is 5. The first kappa shape index (κ1) is 13.1. The molecule has 0 saturated heterocycles. The van der Waals surface area contributed by atoms with E-state index in [1.54, 1.807) is 6.08 Å². The van der Waals surface area contributed by atoms with Crippen molar-refractivity contribution in [2.45, 2.75) is 18.9 Å². The van der Waals surface area contributed by atoms with Crippen molar-refractivity contribution in [1.82, 2.24) is 0 Å². The van der Waals surface area contributed by atoms with Gasteiger partial charge in [0.25, 0.3) is 0 Å². The van der Waals surface area contributed by atoms with E-state index < -0.39 is 12.0 Å². The van der Waals surface area contributed by atoms with E-state index in [0.29, 0.717) is 12.8 Å². The molecule has 0 fully saturated rings. The Kier molecular flexibility index (Phi) is 9.10. The Labute approximate surface area is 77.1 Å². The van der Waals surface area contributed by atoms with E-state index in [1.165, 1.54) is 0 Å². The molecule has 11 heavy (non-hydrogen) atoms. The maximum atomic E-state index is 10.2. The minimum atomic E-state index is -0.961. The third kappa shape index (κ3) is 5.94. The minimum absolute atomic E-state index is 0. The van der Waals surface area contributed by atoms with Crippen molar-refractivity contribution in [2.75, 3.05) is 0 Å². The van der Waals surface area contributed by atoms with Gasteiger partial charge in [-0.25, -0.2) is 9.16 Å². The Morgan fingerprint density at radius 1 is 1.82 bits per heavy atom. The van der Waals surface area contributed by atoms with Crippen molar-refractivity contribution in [3.63, 3.8) is 0 Å². The molecule has 1 atom stereocenters. The lowest BCUT2D eigenvalue weighted by Crippen LogP contribution is -2.16. The average molecular weight is 196 g/mol. The SMILES string of the molecule is C=CCC[C@H](N=S)C(=O)O.Cl. The van der Waals surface area contributed by atoms with Crippen molar-refractivity contribution in [3.05, 3.63) is 12.7 Å². The molecule has 0 aromatic rings. The molecule has 0 rings (SSSR count). The van der Waals surface area contributed by atoms with Gasteiger partial charge in [-0.1, -0.05) is 6.08 Å². The molecular weight excluding hydrogens is 186 g/mol. The standard InChI is InChI=1S/C6H9NO2S.ClH/c1-2-3-4-5(7-10)6(8)9;/h2,5H,1,3-4H2,(H,8,9);1H/t5-;/m0./s1. The molecule has 0 aliphatic rings. The summed E-state index contributed by atoms with van der Waals surface area (Å²) in [7, 11) is 0. The Hall–Kier alpha value is -0.480. The summed E-state index contributed by atoms with van der Waals surface area (Å²) in [5.41, 5.74) is 0. The van der Waals surface area contributed by atoms with Gasteiger partial charge >= 0.3 is 5.97 Å². The monoisotopic (exact) mass is 195 g/mol. The third-order valence-electron chi connectivity index (χ3n) is 1.06. The summed E-state index contributed by atoms with van der Waals surface area (Å²) in [6.45, 7) is 3.46. The summed E-state index contributed by atoms with van der Waals surface area (Å²) in [4.78, 5) is 10.2. The number of carbonyl (C=O) groups is 1. The van der Waals surface area contributed by atoms with E-state index in [2.05, 4.69) is 23.4 Å². The van der Waals surface area contributed by atoms with E-state index in [-0.39, 0.29) is 12.4 Å². The molecule has 0 spiro atoms. The number of aliphatic carboxylic acids is 1. The van der Waals surface area contributed by atoms with Crippen LogP contribution in [0.4, 0.5) is 0 Å². The Bertz CT molecular complexity index is 152. The summed E-state index contributed by atoms with van der Waals surface area (Å²) in [6, 6.07) is -0.743. The zero-order chi connectivity index (χ0) is 7.98. The molecule has 1 N–H and O–H groups in total. The van der Waals surface area contributed by atoms with Crippen LogP contribution in [-0.2, 0) is 17.2 Å². The van der Waals surface area contributed by atoms with Crippen LogP contribution >= 0.6 is 12.4 Å². The lowest BCUT2D eigenvalue weighted by Gasteiger charge is -2.00. The first-order chi connectivity index (χ1) is 4.72. The first-order valence-electron chi connectivity index (χ1n) is 2.88. The second-order valence-corrected chi connectivity index (χ2v) is 2.04. The Balaban J connectivity index is 0. The summed E-state index contributed by atoms with van der Waals surface area (Å²) in [6.07, 6.45) is 2.73. The summed E-state index contributed by atoms with van der Waals surface area (Å²) in [5, 5.41) is 8.41. The fraction of sp³-hybridized carbons (Fsp3) is 0.500. The van der Waals surface area contributed by atoms with Crippen molar-refractivity contribution >= 4 is 30.8 Å². The fourth-order valence-electron chi connectivity index (χ4n) is 0.497. The van der Waals surface area contributed by atoms with Crippen LogP contribution in [0, 0.1) is 0 Å². The van der Waals surface area contributed by atoms with E-state index in [9.17, 15) is 4.79 Å². The maximum absolute atomic E-state index is 10.2. The zero-order valence-corrected chi connectivity index (χ0v) is 7.53. The predicted molar refractivity (Wildman–Crippen MR) is 47.9 cm³/mol. The lowest BCUT2D eigenvalue weighted by molar-refractivity contribution is -0.138. The van der Waals surface area contributed by atoms with Gasteiger partial charge in [-0.3, -0.25) is 0 Å². The normalized spacial score (nSPS) is 10.9. The molecule has 0 saturated carbocycles. The highest BCUT2D eigenvalue weighted by atomic mass is 35.5. The van der Waals surface area contributed by atoms with Crippen LogP contribution in [0.15, 0.2) is 17.0 Å². The van der Waals surface area contributed by atoms with E-state index >= 15 is 0 Å².